The van der Waals surface area contributed by atoms with Gasteiger partial charge in [-0.2, -0.15) is 0 Å². The van der Waals surface area contributed by atoms with Crippen LogP contribution in [0.3, 0.4) is 0 Å². The van der Waals surface area contributed by atoms with E-state index >= 15 is 0 Å². The number of nitrogens with two attached hydrogens (primary N) is 1. The van der Waals surface area contributed by atoms with Crippen LogP contribution in [-0.4, -0.2) is 27.6 Å². The Balaban J connectivity index is 1.80. The van der Waals surface area contributed by atoms with E-state index in [0.29, 0.717) is 6.61 Å². The largest absolute Gasteiger partial charge is 0.493 e. The van der Waals surface area contributed by atoms with Crippen LogP contribution in [0, 0.1) is 0 Å². The molecule has 3 rings (SSSR count). The topological polar surface area (TPSA) is 78.0 Å². The zero-order chi connectivity index (χ0) is 13.2. The maximum atomic E-state index is 5.70. The van der Waals surface area contributed by atoms with E-state index in [1.807, 2.05) is 31.4 Å². The molecule has 19 heavy (non-hydrogen) atoms. The van der Waals surface area contributed by atoms with Crippen LogP contribution in [0.1, 0.15) is 17.2 Å². The van der Waals surface area contributed by atoms with Gasteiger partial charge in [0, 0.05) is 37.2 Å². The first-order valence-corrected chi connectivity index (χ1v) is 6.31. The van der Waals surface area contributed by atoms with Crippen molar-refractivity contribution >= 4 is 0 Å². The maximum absolute atomic E-state index is 5.70. The molecule has 1 aromatic heterocycles. The predicted molar refractivity (Wildman–Crippen MR) is 70.5 cm³/mol. The molecule has 6 nitrogen and oxygen atoms in total. The Bertz CT molecular complexity index is 568. The molecule has 2 unspecified atom stereocenters. The number of hydrogen-bond acceptors (Lipinski definition) is 5. The number of nitrogens with one attached hydrogen (secondary N) is 1. The van der Waals surface area contributed by atoms with Gasteiger partial charge in [-0.25, -0.2) is 0 Å². The van der Waals surface area contributed by atoms with E-state index in [0.717, 1.165) is 17.9 Å². The molecule has 2 heterocycles. The number of aromatic nitrogens is 3. The van der Waals surface area contributed by atoms with Gasteiger partial charge in [0.1, 0.15) is 5.75 Å². The predicted octanol–water partition coefficient (Wildman–Crippen LogP) is 0.366. The molecule has 0 radical (unpaired) electrons. The fraction of sp³-hybridized carbons (Fsp3) is 0.385. The summed E-state index contributed by atoms with van der Waals surface area (Å²) >= 11 is 0. The molecule has 1 aromatic carbocycles. The third kappa shape index (κ3) is 2.32. The molecule has 0 aliphatic carbocycles. The fourth-order valence-corrected chi connectivity index (χ4v) is 2.55. The number of ether oxygens (including phenoxy) is 1. The zero-order valence-corrected chi connectivity index (χ0v) is 10.8. The summed E-state index contributed by atoms with van der Waals surface area (Å²) in [4.78, 5) is 0. The summed E-state index contributed by atoms with van der Waals surface area (Å²) in [5.41, 5.74) is 5.01. The monoisotopic (exact) mass is 259 g/mol. The molecule has 3 N–H and O–H groups in total. The number of hydrogen-bond donors (Lipinski definition) is 2. The third-order valence-electron chi connectivity index (χ3n) is 3.52. The van der Waals surface area contributed by atoms with E-state index in [-0.39, 0.29) is 12.0 Å². The van der Waals surface area contributed by atoms with Crippen molar-refractivity contribution in [3.8, 4) is 5.75 Å². The van der Waals surface area contributed by atoms with Gasteiger partial charge in [-0.3, -0.25) is 16.0 Å². The first kappa shape index (κ1) is 12.1. The third-order valence-corrected chi connectivity index (χ3v) is 3.52. The van der Waals surface area contributed by atoms with Crippen molar-refractivity contribution in [2.24, 2.45) is 12.9 Å². The average Bonchev–Trinajstić information content (AvgIpc) is 3.02. The fourth-order valence-electron chi connectivity index (χ4n) is 2.55. The summed E-state index contributed by atoms with van der Waals surface area (Å²) in [5, 5.41) is 8.05. The standard InChI is InChI=1S/C13H17N5O/c1-18-7-9(16-17-18)6-12(15-14)11-8-19-13-5-3-2-4-10(11)13/h2-5,7,11-12,15H,6,8,14H2,1H3. The number of benzene rings is 1. The summed E-state index contributed by atoms with van der Waals surface area (Å²) in [6, 6.07) is 8.17. The van der Waals surface area contributed by atoms with Crippen molar-refractivity contribution in [1.29, 1.82) is 0 Å². The number of fused-ring (bicyclic) bond motifs is 1. The SMILES string of the molecule is Cn1cc(CC(NN)C2COc3ccccc32)nn1. The van der Waals surface area contributed by atoms with Crippen molar-refractivity contribution in [3.05, 3.63) is 41.7 Å². The molecular weight excluding hydrogens is 242 g/mol. The average molecular weight is 259 g/mol. The van der Waals surface area contributed by atoms with Crippen LogP contribution in [0.4, 0.5) is 0 Å². The number of para-hydroxylation sites is 1. The molecule has 1 aliphatic rings. The molecule has 6 heteroatoms. The summed E-state index contributed by atoms with van der Waals surface area (Å²) in [7, 11) is 1.86. The number of nitrogens with zero attached hydrogens (tertiary/aromatic N) is 3. The van der Waals surface area contributed by atoms with E-state index in [2.05, 4.69) is 21.8 Å². The van der Waals surface area contributed by atoms with Gasteiger partial charge >= 0.3 is 0 Å². The highest BCUT2D eigenvalue weighted by molar-refractivity contribution is 5.40. The lowest BCUT2D eigenvalue weighted by Crippen LogP contribution is -2.42. The molecule has 2 aromatic rings. The number of hydrazine groups is 1. The van der Waals surface area contributed by atoms with Crippen LogP contribution in [0.15, 0.2) is 30.5 Å². The van der Waals surface area contributed by atoms with Crippen molar-refractivity contribution in [2.75, 3.05) is 6.61 Å². The molecule has 2 atom stereocenters. The quantitative estimate of drug-likeness (QED) is 0.612. The normalized spacial score (nSPS) is 18.9. The molecule has 0 spiro atoms. The van der Waals surface area contributed by atoms with Crippen molar-refractivity contribution < 1.29 is 4.74 Å². The van der Waals surface area contributed by atoms with Gasteiger partial charge in [0.15, 0.2) is 0 Å². The van der Waals surface area contributed by atoms with Gasteiger partial charge in [0.25, 0.3) is 0 Å². The highest BCUT2D eigenvalue weighted by Crippen LogP contribution is 2.36. The second-order valence-corrected chi connectivity index (χ2v) is 4.82. The Morgan fingerprint density at radius 1 is 1.53 bits per heavy atom. The lowest BCUT2D eigenvalue weighted by Gasteiger charge is -2.20. The molecular formula is C13H17N5O. The van der Waals surface area contributed by atoms with E-state index in [1.54, 1.807) is 4.68 Å². The van der Waals surface area contributed by atoms with E-state index < -0.39 is 0 Å². The van der Waals surface area contributed by atoms with Crippen LogP contribution in [0.25, 0.3) is 0 Å². The molecule has 0 fully saturated rings. The molecule has 1 aliphatic heterocycles. The van der Waals surface area contributed by atoms with Crippen molar-refractivity contribution in [2.45, 2.75) is 18.4 Å². The van der Waals surface area contributed by atoms with Crippen LogP contribution < -0.4 is 16.0 Å². The Morgan fingerprint density at radius 2 is 2.37 bits per heavy atom. The minimum absolute atomic E-state index is 0.0837. The first-order chi connectivity index (χ1) is 9.28. The van der Waals surface area contributed by atoms with Crippen LogP contribution in [0.2, 0.25) is 0 Å². The van der Waals surface area contributed by atoms with E-state index in [9.17, 15) is 0 Å². The molecule has 0 amide bonds. The first-order valence-electron chi connectivity index (χ1n) is 6.31. The minimum atomic E-state index is 0.0837. The van der Waals surface area contributed by atoms with Gasteiger partial charge in [-0.05, 0) is 6.07 Å². The summed E-state index contributed by atoms with van der Waals surface area (Å²) in [6.07, 6.45) is 2.64. The van der Waals surface area contributed by atoms with Crippen LogP contribution in [-0.2, 0) is 13.5 Å². The van der Waals surface area contributed by atoms with Gasteiger partial charge in [0.05, 0.1) is 12.3 Å². The number of rotatable bonds is 4. The summed E-state index contributed by atoms with van der Waals surface area (Å²) in [6.45, 7) is 0.647. The highest BCUT2D eigenvalue weighted by Gasteiger charge is 2.31. The smallest absolute Gasteiger partial charge is 0.122 e. The zero-order valence-electron chi connectivity index (χ0n) is 10.8. The van der Waals surface area contributed by atoms with Gasteiger partial charge in [-0.1, -0.05) is 23.4 Å². The lowest BCUT2D eigenvalue weighted by atomic mass is 9.91. The Kier molecular flexibility index (Phi) is 3.18. The molecule has 0 saturated carbocycles. The van der Waals surface area contributed by atoms with Gasteiger partial charge < -0.3 is 4.74 Å². The summed E-state index contributed by atoms with van der Waals surface area (Å²) < 4.78 is 7.40. The Morgan fingerprint density at radius 3 is 3.11 bits per heavy atom. The molecule has 100 valence electrons. The van der Waals surface area contributed by atoms with Crippen LogP contribution >= 0.6 is 0 Å². The molecule has 0 bridgehead atoms. The lowest BCUT2D eigenvalue weighted by molar-refractivity contribution is 0.297. The van der Waals surface area contributed by atoms with E-state index in [1.165, 1.54) is 5.56 Å². The van der Waals surface area contributed by atoms with Gasteiger partial charge in [0.2, 0.25) is 0 Å². The maximum Gasteiger partial charge on any atom is 0.122 e. The van der Waals surface area contributed by atoms with Gasteiger partial charge in [-0.15, -0.1) is 5.10 Å². The Hall–Kier alpha value is -1.92. The summed E-state index contributed by atoms with van der Waals surface area (Å²) in [5.74, 6) is 6.89. The van der Waals surface area contributed by atoms with Crippen LogP contribution in [0.5, 0.6) is 5.75 Å². The second-order valence-electron chi connectivity index (χ2n) is 4.82. The molecule has 0 saturated heterocycles. The van der Waals surface area contributed by atoms with Crippen molar-refractivity contribution in [1.82, 2.24) is 20.4 Å². The van der Waals surface area contributed by atoms with E-state index in [4.69, 9.17) is 10.6 Å². The minimum Gasteiger partial charge on any atom is -0.493 e. The Labute approximate surface area is 111 Å². The van der Waals surface area contributed by atoms with Crippen molar-refractivity contribution in [3.63, 3.8) is 0 Å². The second kappa shape index (κ2) is 4.99. The number of aryl methyl sites for hydroxylation is 1. The highest BCUT2D eigenvalue weighted by atomic mass is 16.5.